The smallest absolute Gasteiger partial charge is 0.263 e. The molecule has 2 heterocycles. The van der Waals surface area contributed by atoms with Crippen molar-refractivity contribution in [1.82, 2.24) is 20.2 Å². The second-order valence-electron chi connectivity index (χ2n) is 9.72. The van der Waals surface area contributed by atoms with Crippen molar-refractivity contribution in [2.45, 2.75) is 33.2 Å². The topological polar surface area (TPSA) is 137 Å². The predicted molar refractivity (Wildman–Crippen MR) is 147 cm³/mol. The molecule has 0 bridgehead atoms. The molecule has 1 aromatic carbocycles. The largest absolute Gasteiger partial charge is 0.397 e. The third kappa shape index (κ3) is 6.48. The highest BCUT2D eigenvalue weighted by molar-refractivity contribution is 7.21. The van der Waals surface area contributed by atoms with Crippen LogP contribution in [0, 0.1) is 0 Å². The van der Waals surface area contributed by atoms with Gasteiger partial charge in [-0.15, -0.1) is 11.3 Å². The monoisotopic (exact) mass is 513 g/mol. The zero-order valence-corrected chi connectivity index (χ0v) is 22.5. The Kier molecular flexibility index (Phi) is 8.49. The number of amides is 2. The number of nitrogen functional groups attached to an aromatic ring is 1. The normalized spacial score (nSPS) is 11.7. The summed E-state index contributed by atoms with van der Waals surface area (Å²) in [6, 6.07) is 7.34. The molecule has 0 saturated heterocycles. The van der Waals surface area contributed by atoms with Gasteiger partial charge in [0.1, 0.15) is 9.71 Å². The summed E-state index contributed by atoms with van der Waals surface area (Å²) in [6.07, 6.45) is 0. The highest BCUT2D eigenvalue weighted by Crippen LogP contribution is 2.40. The second-order valence-corrected chi connectivity index (χ2v) is 10.7. The van der Waals surface area contributed by atoms with Crippen molar-refractivity contribution in [3.05, 3.63) is 29.1 Å². The summed E-state index contributed by atoms with van der Waals surface area (Å²) in [5, 5.41) is 15.7. The number of hydrogen-bond donors (Lipinski definition) is 4. The summed E-state index contributed by atoms with van der Waals surface area (Å²) < 4.78 is 0. The minimum Gasteiger partial charge on any atom is -0.397 e. The molecule has 36 heavy (non-hydrogen) atoms. The number of nitrogens with two attached hydrogens (primary N) is 1. The Hall–Kier alpha value is -3.28. The molecular formula is C25H35N7O3S. The molecular weight excluding hydrogens is 478 g/mol. The number of carbonyl (C=O) groups is 2. The maximum atomic E-state index is 12.9. The number of benzene rings is 1. The number of thiophene rings is 1. The lowest BCUT2D eigenvalue weighted by atomic mass is 10.1. The van der Waals surface area contributed by atoms with Gasteiger partial charge >= 0.3 is 0 Å². The van der Waals surface area contributed by atoms with Gasteiger partial charge in [0.25, 0.3) is 5.91 Å². The van der Waals surface area contributed by atoms with Crippen LogP contribution in [0.4, 0.5) is 17.3 Å². The van der Waals surface area contributed by atoms with E-state index in [4.69, 9.17) is 10.7 Å². The zero-order valence-electron chi connectivity index (χ0n) is 21.7. The van der Waals surface area contributed by atoms with Crippen molar-refractivity contribution in [2.24, 2.45) is 0 Å². The van der Waals surface area contributed by atoms with Gasteiger partial charge in [-0.05, 0) is 39.4 Å². The van der Waals surface area contributed by atoms with Gasteiger partial charge in [-0.3, -0.25) is 14.5 Å². The number of aromatic nitrogens is 2. The fraction of sp³-hybridized carbons (Fsp3) is 0.440. The van der Waals surface area contributed by atoms with Crippen molar-refractivity contribution < 1.29 is 14.7 Å². The van der Waals surface area contributed by atoms with Crippen LogP contribution in [0.3, 0.4) is 0 Å². The summed E-state index contributed by atoms with van der Waals surface area (Å²) in [7, 11) is 3.69. The summed E-state index contributed by atoms with van der Waals surface area (Å²) >= 11 is 1.23. The van der Waals surface area contributed by atoms with Gasteiger partial charge in [0.2, 0.25) is 11.9 Å². The van der Waals surface area contributed by atoms with Crippen LogP contribution >= 0.6 is 11.3 Å². The SMILES string of the molecule is CCN(CCO)CC(=O)Nc1cccc(-c2nc(N(C)C)nc3sc(C(=O)NC(C)(C)C)c(N)c23)c1. The van der Waals surface area contributed by atoms with Gasteiger partial charge < -0.3 is 26.4 Å². The third-order valence-corrected chi connectivity index (χ3v) is 6.42. The Morgan fingerprint density at radius 2 is 1.92 bits per heavy atom. The van der Waals surface area contributed by atoms with E-state index >= 15 is 0 Å². The van der Waals surface area contributed by atoms with E-state index in [0.29, 0.717) is 51.2 Å². The minimum absolute atomic E-state index is 0.00759. The van der Waals surface area contributed by atoms with E-state index in [1.165, 1.54) is 11.3 Å². The molecule has 0 saturated carbocycles. The molecule has 5 N–H and O–H groups in total. The van der Waals surface area contributed by atoms with Gasteiger partial charge in [-0.2, -0.15) is 0 Å². The van der Waals surface area contributed by atoms with Gasteiger partial charge in [-0.25, -0.2) is 9.97 Å². The third-order valence-electron chi connectivity index (χ3n) is 5.32. The number of nitrogens with one attached hydrogen (secondary N) is 2. The molecule has 3 aromatic rings. The van der Waals surface area contributed by atoms with Crippen molar-refractivity contribution in [2.75, 3.05) is 56.3 Å². The molecule has 0 aliphatic rings. The number of rotatable bonds is 9. The van der Waals surface area contributed by atoms with Gasteiger partial charge in [0.15, 0.2) is 0 Å². The Labute approximate surface area is 215 Å². The van der Waals surface area contributed by atoms with Crippen molar-refractivity contribution >= 4 is 50.7 Å². The number of nitrogens with zero attached hydrogens (tertiary/aromatic N) is 4. The van der Waals surface area contributed by atoms with Crippen LogP contribution < -0.4 is 21.3 Å². The average molecular weight is 514 g/mol. The lowest BCUT2D eigenvalue weighted by Crippen LogP contribution is -2.40. The number of likely N-dealkylation sites (N-methyl/N-ethyl adjacent to an activating group) is 1. The van der Waals surface area contributed by atoms with Crippen LogP contribution in [0.2, 0.25) is 0 Å². The first-order chi connectivity index (χ1) is 16.9. The van der Waals surface area contributed by atoms with E-state index in [1.54, 1.807) is 11.0 Å². The highest BCUT2D eigenvalue weighted by atomic mass is 32.1. The number of anilines is 3. The molecule has 11 heteroatoms. The molecule has 0 aliphatic carbocycles. The molecule has 0 spiro atoms. The Morgan fingerprint density at radius 3 is 2.53 bits per heavy atom. The summed E-state index contributed by atoms with van der Waals surface area (Å²) in [5.74, 6) is 0.0451. The first-order valence-corrected chi connectivity index (χ1v) is 12.6. The Morgan fingerprint density at radius 1 is 1.19 bits per heavy atom. The molecule has 194 valence electrons. The van der Waals surface area contributed by atoms with E-state index in [9.17, 15) is 14.7 Å². The molecule has 0 atom stereocenters. The van der Waals surface area contributed by atoms with E-state index in [-0.39, 0.29) is 25.0 Å². The Bertz CT molecular complexity index is 1250. The fourth-order valence-electron chi connectivity index (χ4n) is 3.62. The van der Waals surface area contributed by atoms with Crippen molar-refractivity contribution in [3.63, 3.8) is 0 Å². The lowest BCUT2D eigenvalue weighted by molar-refractivity contribution is -0.117. The summed E-state index contributed by atoms with van der Waals surface area (Å²) in [4.78, 5) is 39.5. The molecule has 0 aliphatic heterocycles. The lowest BCUT2D eigenvalue weighted by Gasteiger charge is -2.20. The molecule has 0 fully saturated rings. The van der Waals surface area contributed by atoms with Gasteiger partial charge in [0, 0.05) is 37.4 Å². The standard InChI is InChI=1S/C25H35N7O3S/c1-7-32(11-12-33)14-17(34)27-16-10-8-9-15(13-16)20-18-19(26)21(22(35)30-25(2,3)4)36-23(18)29-24(28-20)31(5)6/h8-10,13,33H,7,11-12,14,26H2,1-6H3,(H,27,34)(H,30,35). The van der Waals surface area contributed by atoms with E-state index in [2.05, 4.69) is 15.6 Å². The number of hydrogen-bond acceptors (Lipinski definition) is 9. The molecule has 0 unspecified atom stereocenters. The second kappa shape index (κ2) is 11.2. The van der Waals surface area contributed by atoms with Gasteiger partial charge in [-0.1, -0.05) is 19.1 Å². The Balaban J connectivity index is 2.03. The molecule has 10 nitrogen and oxygen atoms in total. The molecule has 3 rings (SSSR count). The van der Waals surface area contributed by atoms with Crippen molar-refractivity contribution in [3.8, 4) is 11.3 Å². The molecule has 0 radical (unpaired) electrons. The number of aliphatic hydroxyl groups excluding tert-OH is 1. The van der Waals surface area contributed by atoms with Crippen LogP contribution in [0.15, 0.2) is 24.3 Å². The number of fused-ring (bicyclic) bond motifs is 1. The maximum absolute atomic E-state index is 12.9. The maximum Gasteiger partial charge on any atom is 0.263 e. The van der Waals surface area contributed by atoms with Crippen molar-refractivity contribution in [1.29, 1.82) is 0 Å². The first-order valence-electron chi connectivity index (χ1n) is 11.8. The van der Waals surface area contributed by atoms with Gasteiger partial charge in [0.05, 0.1) is 29.9 Å². The van der Waals surface area contributed by atoms with Crippen LogP contribution in [0.5, 0.6) is 0 Å². The van der Waals surface area contributed by atoms with E-state index < -0.39 is 5.54 Å². The predicted octanol–water partition coefficient (Wildman–Crippen LogP) is 2.79. The number of aliphatic hydroxyl groups is 1. The number of carbonyl (C=O) groups excluding carboxylic acids is 2. The first kappa shape index (κ1) is 27.3. The van der Waals surface area contributed by atoms with Crippen LogP contribution in [-0.2, 0) is 4.79 Å². The summed E-state index contributed by atoms with van der Waals surface area (Å²) in [6.45, 7) is 8.92. The summed E-state index contributed by atoms with van der Waals surface area (Å²) in [5.41, 5.74) is 8.34. The zero-order chi connectivity index (χ0) is 26.6. The quantitative estimate of drug-likeness (QED) is 0.343. The average Bonchev–Trinajstić information content (AvgIpc) is 3.13. The van der Waals surface area contributed by atoms with Crippen LogP contribution in [0.1, 0.15) is 37.4 Å². The van der Waals surface area contributed by atoms with Crippen LogP contribution in [0.25, 0.3) is 21.5 Å². The van der Waals surface area contributed by atoms with Crippen LogP contribution in [-0.4, -0.2) is 77.7 Å². The highest BCUT2D eigenvalue weighted by Gasteiger charge is 2.25. The minimum atomic E-state index is -0.417. The fourth-order valence-corrected chi connectivity index (χ4v) is 4.61. The van der Waals surface area contributed by atoms with E-state index in [0.717, 1.165) is 5.56 Å². The molecule has 2 amide bonds. The molecule has 2 aromatic heterocycles. The van der Waals surface area contributed by atoms with E-state index in [1.807, 2.05) is 64.9 Å².